The highest BCUT2D eigenvalue weighted by molar-refractivity contribution is 7.89. The normalized spacial score (nSPS) is 14.2. The van der Waals surface area contributed by atoms with Gasteiger partial charge in [-0.3, -0.25) is 9.59 Å². The second kappa shape index (κ2) is 11.2. The first kappa shape index (κ1) is 25.2. The van der Waals surface area contributed by atoms with E-state index in [4.69, 9.17) is 4.74 Å². The Labute approximate surface area is 210 Å². The molecule has 0 aliphatic carbocycles. The number of ether oxygens (including phenoxy) is 1. The van der Waals surface area contributed by atoms with Crippen LogP contribution in [0.2, 0.25) is 0 Å². The largest absolute Gasteiger partial charge is 0.457 e. The van der Waals surface area contributed by atoms with E-state index >= 15 is 0 Å². The van der Waals surface area contributed by atoms with Crippen LogP contribution in [0.25, 0.3) is 0 Å². The van der Waals surface area contributed by atoms with Gasteiger partial charge in [0.25, 0.3) is 0 Å². The van der Waals surface area contributed by atoms with Crippen molar-refractivity contribution in [2.75, 3.05) is 31.5 Å². The molecule has 1 aliphatic rings. The highest BCUT2D eigenvalue weighted by Gasteiger charge is 2.30. The molecule has 8 nitrogen and oxygen atoms in total. The van der Waals surface area contributed by atoms with Gasteiger partial charge < -0.3 is 15.0 Å². The van der Waals surface area contributed by atoms with Crippen molar-refractivity contribution < 1.29 is 22.7 Å². The zero-order valence-corrected chi connectivity index (χ0v) is 20.5. The first-order valence-electron chi connectivity index (χ1n) is 11.5. The van der Waals surface area contributed by atoms with Crippen molar-refractivity contribution in [1.82, 2.24) is 9.21 Å². The van der Waals surface area contributed by atoms with Crippen LogP contribution in [0.3, 0.4) is 0 Å². The summed E-state index contributed by atoms with van der Waals surface area (Å²) in [6.45, 7) is 4.39. The van der Waals surface area contributed by atoms with Crippen LogP contribution in [0.15, 0.2) is 96.4 Å². The van der Waals surface area contributed by atoms with E-state index in [0.29, 0.717) is 30.3 Å². The maximum absolute atomic E-state index is 13.1. The van der Waals surface area contributed by atoms with Gasteiger partial charge in [-0.2, -0.15) is 4.31 Å². The number of benzene rings is 3. The number of sulfonamides is 1. The van der Waals surface area contributed by atoms with Crippen molar-refractivity contribution >= 4 is 27.5 Å². The van der Waals surface area contributed by atoms with E-state index in [2.05, 4.69) is 11.9 Å². The van der Waals surface area contributed by atoms with Gasteiger partial charge in [-0.25, -0.2) is 8.42 Å². The third-order valence-electron chi connectivity index (χ3n) is 5.82. The number of carbonyl (C=O) groups is 2. The molecule has 0 spiro atoms. The van der Waals surface area contributed by atoms with Crippen LogP contribution in [0, 0.1) is 0 Å². The molecule has 0 unspecified atom stereocenters. The average Bonchev–Trinajstić information content (AvgIpc) is 2.90. The van der Waals surface area contributed by atoms with Crippen molar-refractivity contribution in [2.45, 2.75) is 11.3 Å². The van der Waals surface area contributed by atoms with E-state index in [1.165, 1.54) is 28.6 Å². The number of nitrogens with zero attached hydrogens (tertiary/aromatic N) is 2. The molecule has 0 saturated carbocycles. The Morgan fingerprint density at radius 3 is 2.19 bits per heavy atom. The van der Waals surface area contributed by atoms with Crippen LogP contribution in [-0.2, 0) is 26.0 Å². The van der Waals surface area contributed by atoms with Crippen molar-refractivity contribution in [2.24, 2.45) is 0 Å². The number of para-hydroxylation sites is 2. The molecule has 1 N–H and O–H groups in total. The quantitative estimate of drug-likeness (QED) is 0.471. The highest BCUT2D eigenvalue weighted by atomic mass is 32.2. The number of hydrogen-bond acceptors (Lipinski definition) is 5. The maximum atomic E-state index is 13.1. The second-order valence-electron chi connectivity index (χ2n) is 8.20. The molecule has 0 bridgehead atoms. The Morgan fingerprint density at radius 2 is 1.53 bits per heavy atom. The number of piperazine rings is 1. The predicted octanol–water partition coefficient (Wildman–Crippen LogP) is 3.68. The molecule has 3 aromatic rings. The minimum absolute atomic E-state index is 0.0847. The summed E-state index contributed by atoms with van der Waals surface area (Å²) < 4.78 is 33.5. The molecule has 186 valence electrons. The van der Waals surface area contributed by atoms with Gasteiger partial charge in [-0.1, -0.05) is 43.0 Å². The summed E-state index contributed by atoms with van der Waals surface area (Å²) in [5, 5.41) is 2.59. The van der Waals surface area contributed by atoms with Gasteiger partial charge in [-0.05, 0) is 48.5 Å². The summed E-state index contributed by atoms with van der Waals surface area (Å²) >= 11 is 0. The molecular weight excluding hydrogens is 478 g/mol. The van der Waals surface area contributed by atoms with E-state index < -0.39 is 10.0 Å². The monoisotopic (exact) mass is 505 g/mol. The Morgan fingerprint density at radius 1 is 0.889 bits per heavy atom. The van der Waals surface area contributed by atoms with Crippen molar-refractivity contribution in [3.05, 3.63) is 97.1 Å². The Kier molecular flexibility index (Phi) is 7.82. The molecule has 3 aromatic carbocycles. The van der Waals surface area contributed by atoms with E-state index in [9.17, 15) is 18.0 Å². The molecule has 2 amide bonds. The third-order valence-corrected chi connectivity index (χ3v) is 7.73. The first-order chi connectivity index (χ1) is 17.4. The van der Waals surface area contributed by atoms with Gasteiger partial charge in [0.15, 0.2) is 0 Å². The van der Waals surface area contributed by atoms with E-state index in [-0.39, 0.29) is 36.2 Å². The van der Waals surface area contributed by atoms with Gasteiger partial charge >= 0.3 is 0 Å². The van der Waals surface area contributed by atoms with Crippen molar-refractivity contribution in [3.63, 3.8) is 0 Å². The lowest BCUT2D eigenvalue weighted by Crippen LogP contribution is -2.50. The number of anilines is 1. The summed E-state index contributed by atoms with van der Waals surface area (Å²) in [7, 11) is -3.72. The van der Waals surface area contributed by atoms with Crippen LogP contribution >= 0.6 is 0 Å². The fourth-order valence-corrected chi connectivity index (χ4v) is 5.29. The fraction of sp³-hybridized carbons (Fsp3) is 0.185. The van der Waals surface area contributed by atoms with Crippen molar-refractivity contribution in [3.8, 4) is 11.5 Å². The number of carbonyl (C=O) groups excluding carboxylic acids is 2. The standard InChI is InChI=1S/C27H27N3O5S/c1-2-26(31)28-22-12-14-24(15-13-22)36(33,34)30-18-16-29(17-19-30)27(32)20-21-8-6-7-11-25(21)35-23-9-4-3-5-10-23/h2-15H,1,16-20H2,(H,28,31). The summed E-state index contributed by atoms with van der Waals surface area (Å²) in [5.41, 5.74) is 1.25. The van der Waals surface area contributed by atoms with E-state index in [1.54, 1.807) is 4.90 Å². The summed E-state index contributed by atoms with van der Waals surface area (Å²) in [6, 6.07) is 22.7. The Bertz CT molecular complexity index is 1330. The SMILES string of the molecule is C=CC(=O)Nc1ccc(S(=O)(=O)N2CCN(C(=O)Cc3ccccc3Oc3ccccc3)CC2)cc1. The van der Waals surface area contributed by atoms with Crippen LogP contribution in [-0.4, -0.2) is 55.6 Å². The summed E-state index contributed by atoms with van der Waals surface area (Å²) in [5.74, 6) is 0.845. The molecule has 4 rings (SSSR count). The lowest BCUT2D eigenvalue weighted by molar-refractivity contribution is -0.131. The number of hydrogen-bond donors (Lipinski definition) is 1. The van der Waals surface area contributed by atoms with Gasteiger partial charge in [0.1, 0.15) is 11.5 Å². The van der Waals surface area contributed by atoms with Gasteiger partial charge in [0.05, 0.1) is 11.3 Å². The van der Waals surface area contributed by atoms with Gasteiger partial charge in [0, 0.05) is 37.4 Å². The Hall–Kier alpha value is -3.95. The molecule has 1 heterocycles. The van der Waals surface area contributed by atoms with Gasteiger partial charge in [-0.15, -0.1) is 0 Å². The molecular formula is C27H27N3O5S. The molecule has 9 heteroatoms. The van der Waals surface area contributed by atoms with Crippen molar-refractivity contribution in [1.29, 1.82) is 0 Å². The molecule has 0 atom stereocenters. The lowest BCUT2D eigenvalue weighted by atomic mass is 10.1. The number of amides is 2. The second-order valence-corrected chi connectivity index (χ2v) is 10.1. The van der Waals surface area contributed by atoms with Gasteiger partial charge in [0.2, 0.25) is 21.8 Å². The molecule has 0 radical (unpaired) electrons. The summed E-state index contributed by atoms with van der Waals surface area (Å²) in [6.07, 6.45) is 1.30. The van der Waals surface area contributed by atoms with Crippen LogP contribution in [0.5, 0.6) is 11.5 Å². The van der Waals surface area contributed by atoms with Crippen LogP contribution in [0.4, 0.5) is 5.69 Å². The maximum Gasteiger partial charge on any atom is 0.247 e. The van der Waals surface area contributed by atoms with Crippen LogP contribution in [0.1, 0.15) is 5.56 Å². The topological polar surface area (TPSA) is 96.0 Å². The van der Waals surface area contributed by atoms with E-state index in [0.717, 1.165) is 11.6 Å². The average molecular weight is 506 g/mol. The van der Waals surface area contributed by atoms with E-state index in [1.807, 2.05) is 54.6 Å². The number of nitrogens with one attached hydrogen (secondary N) is 1. The number of rotatable bonds is 8. The molecule has 1 saturated heterocycles. The zero-order valence-electron chi connectivity index (χ0n) is 19.7. The fourth-order valence-electron chi connectivity index (χ4n) is 3.87. The first-order valence-corrected chi connectivity index (χ1v) is 12.9. The summed E-state index contributed by atoms with van der Waals surface area (Å²) in [4.78, 5) is 26.2. The van der Waals surface area contributed by atoms with Crippen LogP contribution < -0.4 is 10.1 Å². The molecule has 36 heavy (non-hydrogen) atoms. The smallest absolute Gasteiger partial charge is 0.247 e. The Balaban J connectivity index is 1.36. The lowest BCUT2D eigenvalue weighted by Gasteiger charge is -2.34. The minimum Gasteiger partial charge on any atom is -0.457 e. The predicted molar refractivity (Wildman–Crippen MR) is 137 cm³/mol. The highest BCUT2D eigenvalue weighted by Crippen LogP contribution is 2.26. The molecule has 0 aromatic heterocycles. The molecule has 1 aliphatic heterocycles. The third kappa shape index (κ3) is 5.99. The minimum atomic E-state index is -3.72. The zero-order chi connectivity index (χ0) is 25.5. The molecule has 1 fully saturated rings.